The maximum absolute atomic E-state index is 2.32. The highest BCUT2D eigenvalue weighted by Gasteiger charge is 1.92. The van der Waals surface area contributed by atoms with Crippen LogP contribution in [0.4, 0.5) is 0 Å². The summed E-state index contributed by atoms with van der Waals surface area (Å²) in [6.45, 7) is 2.28. The molecule has 1 aromatic rings. The van der Waals surface area contributed by atoms with Crippen molar-refractivity contribution in [2.24, 2.45) is 0 Å². The van der Waals surface area contributed by atoms with Gasteiger partial charge in [-0.15, -0.1) is 0 Å². The summed E-state index contributed by atoms with van der Waals surface area (Å²) in [6.07, 6.45) is 20.0. The lowest BCUT2D eigenvalue weighted by Gasteiger charge is -2.01. The van der Waals surface area contributed by atoms with Crippen LogP contribution in [0.3, 0.4) is 0 Å². The number of rotatable bonds is 12. The average molecular weight is 272 g/mol. The fourth-order valence-electron chi connectivity index (χ4n) is 2.53. The summed E-state index contributed by atoms with van der Waals surface area (Å²) in [5, 5.41) is 0. The molecule has 112 valence electrons. The van der Waals surface area contributed by atoms with E-state index in [0.29, 0.717) is 0 Å². The van der Waals surface area contributed by atoms with Crippen LogP contribution in [0.5, 0.6) is 0 Å². The molecule has 0 spiro atoms. The molecule has 0 heterocycles. The van der Waals surface area contributed by atoms with Crippen LogP contribution in [-0.4, -0.2) is 0 Å². The molecule has 20 heavy (non-hydrogen) atoms. The summed E-state index contributed by atoms with van der Waals surface area (Å²) >= 11 is 0. The molecule has 0 aliphatic rings. The van der Waals surface area contributed by atoms with Crippen LogP contribution in [0.25, 0.3) is 6.08 Å². The van der Waals surface area contributed by atoms with E-state index in [0.717, 1.165) is 0 Å². The van der Waals surface area contributed by atoms with E-state index < -0.39 is 0 Å². The molecular formula is C20H32. The van der Waals surface area contributed by atoms with Gasteiger partial charge >= 0.3 is 0 Å². The molecule has 0 aliphatic heterocycles. The van der Waals surface area contributed by atoms with E-state index in [1.807, 2.05) is 0 Å². The summed E-state index contributed by atoms with van der Waals surface area (Å²) < 4.78 is 0. The molecule has 1 rings (SSSR count). The topological polar surface area (TPSA) is 0 Å². The van der Waals surface area contributed by atoms with Gasteiger partial charge in [-0.25, -0.2) is 0 Å². The largest absolute Gasteiger partial charge is 0.0839 e. The first-order valence-corrected chi connectivity index (χ1v) is 8.65. The molecule has 0 saturated heterocycles. The molecule has 0 saturated carbocycles. The molecule has 1 aromatic carbocycles. The standard InChI is InChI=1S/C20H32/c1-2-3-4-5-6-7-8-9-10-11-12-14-17-20-18-15-13-16-19-20/h13-19H,2-12H2,1H3. The maximum atomic E-state index is 2.32. The second-order valence-corrected chi connectivity index (χ2v) is 5.78. The zero-order valence-electron chi connectivity index (χ0n) is 13.3. The van der Waals surface area contributed by atoms with E-state index in [1.54, 1.807) is 0 Å². The number of hydrogen-bond donors (Lipinski definition) is 0. The van der Waals surface area contributed by atoms with E-state index in [9.17, 15) is 0 Å². The number of hydrogen-bond acceptors (Lipinski definition) is 0. The highest BCUT2D eigenvalue weighted by molar-refractivity contribution is 5.48. The first kappa shape index (κ1) is 17.0. The summed E-state index contributed by atoms with van der Waals surface area (Å²) in [5.41, 5.74) is 1.32. The van der Waals surface area contributed by atoms with Crippen LogP contribution >= 0.6 is 0 Å². The number of unbranched alkanes of at least 4 members (excludes halogenated alkanes) is 10. The minimum absolute atomic E-state index is 1.23. The first-order chi connectivity index (χ1) is 9.93. The van der Waals surface area contributed by atoms with Crippen molar-refractivity contribution in [1.82, 2.24) is 0 Å². The van der Waals surface area contributed by atoms with Crippen molar-refractivity contribution in [3.63, 3.8) is 0 Å². The Morgan fingerprint density at radius 3 is 1.85 bits per heavy atom. The van der Waals surface area contributed by atoms with Crippen molar-refractivity contribution in [1.29, 1.82) is 0 Å². The molecule has 0 heteroatoms. The Bertz CT molecular complexity index is 323. The predicted octanol–water partition coefficient (Wildman–Crippen LogP) is 7.01. The van der Waals surface area contributed by atoms with Gasteiger partial charge in [0.05, 0.1) is 0 Å². The van der Waals surface area contributed by atoms with Crippen LogP contribution in [-0.2, 0) is 0 Å². The Labute approximate surface area is 126 Å². The smallest absolute Gasteiger partial charge is 0.0260 e. The van der Waals surface area contributed by atoms with E-state index in [2.05, 4.69) is 49.4 Å². The van der Waals surface area contributed by atoms with Gasteiger partial charge < -0.3 is 0 Å². The monoisotopic (exact) mass is 272 g/mol. The molecule has 0 unspecified atom stereocenters. The SMILES string of the molecule is CCCCCCCCCCCCC=Cc1ccccc1. The van der Waals surface area contributed by atoms with Crippen molar-refractivity contribution < 1.29 is 0 Å². The lowest BCUT2D eigenvalue weighted by atomic mass is 10.1. The second-order valence-electron chi connectivity index (χ2n) is 5.78. The highest BCUT2D eigenvalue weighted by Crippen LogP contribution is 2.11. The summed E-state index contributed by atoms with van der Waals surface area (Å²) in [6, 6.07) is 10.6. The van der Waals surface area contributed by atoms with Gasteiger partial charge in [-0.2, -0.15) is 0 Å². The zero-order valence-corrected chi connectivity index (χ0v) is 13.3. The molecular weight excluding hydrogens is 240 g/mol. The van der Waals surface area contributed by atoms with Gasteiger partial charge in [0.15, 0.2) is 0 Å². The minimum Gasteiger partial charge on any atom is -0.0839 e. The van der Waals surface area contributed by atoms with E-state index >= 15 is 0 Å². The third-order valence-electron chi connectivity index (χ3n) is 3.83. The maximum Gasteiger partial charge on any atom is -0.0260 e. The lowest BCUT2D eigenvalue weighted by Crippen LogP contribution is -1.81. The Morgan fingerprint density at radius 1 is 0.700 bits per heavy atom. The third-order valence-corrected chi connectivity index (χ3v) is 3.83. The van der Waals surface area contributed by atoms with Crippen molar-refractivity contribution >= 4 is 6.08 Å². The van der Waals surface area contributed by atoms with Gasteiger partial charge in [-0.1, -0.05) is 107 Å². The van der Waals surface area contributed by atoms with Crippen molar-refractivity contribution in [2.45, 2.75) is 77.6 Å². The summed E-state index contributed by atoms with van der Waals surface area (Å²) in [7, 11) is 0. The van der Waals surface area contributed by atoms with Crippen molar-refractivity contribution in [2.75, 3.05) is 0 Å². The molecule has 0 nitrogen and oxygen atoms in total. The second kappa shape index (κ2) is 13.0. The average Bonchev–Trinajstić information content (AvgIpc) is 2.49. The molecule has 0 aromatic heterocycles. The first-order valence-electron chi connectivity index (χ1n) is 8.65. The van der Waals surface area contributed by atoms with Gasteiger partial charge in [0.25, 0.3) is 0 Å². The quantitative estimate of drug-likeness (QED) is 0.359. The Morgan fingerprint density at radius 2 is 1.25 bits per heavy atom. The fraction of sp³-hybridized carbons (Fsp3) is 0.600. The van der Waals surface area contributed by atoms with Crippen molar-refractivity contribution in [3.8, 4) is 0 Å². The fourth-order valence-corrected chi connectivity index (χ4v) is 2.53. The zero-order chi connectivity index (χ0) is 14.3. The summed E-state index contributed by atoms with van der Waals surface area (Å²) in [5.74, 6) is 0. The van der Waals surface area contributed by atoms with Gasteiger partial charge in [-0.3, -0.25) is 0 Å². The Balaban J connectivity index is 1.84. The van der Waals surface area contributed by atoms with Crippen molar-refractivity contribution in [3.05, 3.63) is 42.0 Å². The van der Waals surface area contributed by atoms with E-state index in [-0.39, 0.29) is 0 Å². The molecule has 0 atom stereocenters. The van der Waals surface area contributed by atoms with Gasteiger partial charge in [0.1, 0.15) is 0 Å². The van der Waals surface area contributed by atoms with Gasteiger partial charge in [0, 0.05) is 0 Å². The van der Waals surface area contributed by atoms with Crippen LogP contribution < -0.4 is 0 Å². The molecule has 0 radical (unpaired) electrons. The highest BCUT2D eigenvalue weighted by atomic mass is 14.0. The lowest BCUT2D eigenvalue weighted by molar-refractivity contribution is 0.558. The Hall–Kier alpha value is -1.04. The molecule has 0 amide bonds. The molecule has 0 fully saturated rings. The van der Waals surface area contributed by atoms with Crippen LogP contribution in [0, 0.1) is 0 Å². The van der Waals surface area contributed by atoms with E-state index in [1.165, 1.54) is 76.2 Å². The van der Waals surface area contributed by atoms with Gasteiger partial charge in [0.2, 0.25) is 0 Å². The number of benzene rings is 1. The summed E-state index contributed by atoms with van der Waals surface area (Å²) in [4.78, 5) is 0. The third kappa shape index (κ3) is 9.83. The van der Waals surface area contributed by atoms with Crippen LogP contribution in [0.15, 0.2) is 36.4 Å². The molecule has 0 N–H and O–H groups in total. The number of allylic oxidation sites excluding steroid dienone is 1. The Kier molecular flexibility index (Phi) is 11.0. The normalized spacial score (nSPS) is 11.2. The predicted molar refractivity (Wildman–Crippen MR) is 91.9 cm³/mol. The van der Waals surface area contributed by atoms with Crippen LogP contribution in [0.2, 0.25) is 0 Å². The van der Waals surface area contributed by atoms with Gasteiger partial charge in [-0.05, 0) is 18.4 Å². The molecule has 0 bridgehead atoms. The molecule has 0 aliphatic carbocycles. The van der Waals surface area contributed by atoms with E-state index in [4.69, 9.17) is 0 Å². The van der Waals surface area contributed by atoms with Crippen LogP contribution in [0.1, 0.15) is 83.1 Å². The minimum atomic E-state index is 1.23.